The van der Waals surface area contributed by atoms with Gasteiger partial charge in [0.25, 0.3) is 0 Å². The highest BCUT2D eigenvalue weighted by atomic mass is 127. The maximum atomic E-state index is 10.8. The summed E-state index contributed by atoms with van der Waals surface area (Å²) in [6.07, 6.45) is 1.53. The molecule has 0 atom stereocenters. The van der Waals surface area contributed by atoms with Crippen LogP contribution in [-0.4, -0.2) is 39.5 Å². The van der Waals surface area contributed by atoms with E-state index in [4.69, 9.17) is 5.11 Å². The van der Waals surface area contributed by atoms with E-state index in [1.54, 1.807) is 0 Å². The Morgan fingerprint density at radius 3 is 2.36 bits per heavy atom. The SMILES string of the molecule is CN1CCC(I)(C(=O)O)CC1. The molecule has 0 aromatic rings. The highest BCUT2D eigenvalue weighted by Crippen LogP contribution is 2.31. The summed E-state index contributed by atoms with van der Waals surface area (Å²) in [4.78, 5) is 12.9. The van der Waals surface area contributed by atoms with Crippen LogP contribution in [0.2, 0.25) is 0 Å². The molecule has 0 aromatic carbocycles. The Bertz CT molecular complexity index is 164. The topological polar surface area (TPSA) is 40.5 Å². The Kier molecular flexibility index (Phi) is 2.74. The van der Waals surface area contributed by atoms with E-state index in [0.717, 1.165) is 25.9 Å². The Morgan fingerprint density at radius 1 is 1.55 bits per heavy atom. The lowest BCUT2D eigenvalue weighted by Crippen LogP contribution is -2.43. The molecule has 1 aliphatic rings. The molecule has 1 heterocycles. The molecule has 0 spiro atoms. The summed E-state index contributed by atoms with van der Waals surface area (Å²) in [5.41, 5.74) is 0. The van der Waals surface area contributed by atoms with Crippen molar-refractivity contribution in [1.29, 1.82) is 0 Å². The third-order valence-corrected chi connectivity index (χ3v) is 3.70. The smallest absolute Gasteiger partial charge is 0.319 e. The van der Waals surface area contributed by atoms with E-state index < -0.39 is 9.39 Å². The summed E-state index contributed by atoms with van der Waals surface area (Å²) >= 11 is 2.06. The molecule has 0 aliphatic carbocycles. The van der Waals surface area contributed by atoms with Gasteiger partial charge >= 0.3 is 5.97 Å². The molecule has 1 N–H and O–H groups in total. The number of nitrogens with zero attached hydrogens (tertiary/aromatic N) is 1. The van der Waals surface area contributed by atoms with E-state index in [0.29, 0.717) is 0 Å². The van der Waals surface area contributed by atoms with Crippen molar-refractivity contribution in [3.8, 4) is 0 Å². The first kappa shape index (κ1) is 9.25. The van der Waals surface area contributed by atoms with Crippen molar-refractivity contribution in [1.82, 2.24) is 4.90 Å². The zero-order valence-electron chi connectivity index (χ0n) is 6.51. The van der Waals surface area contributed by atoms with Crippen LogP contribution in [0, 0.1) is 0 Å². The van der Waals surface area contributed by atoms with Crippen molar-refractivity contribution in [2.24, 2.45) is 0 Å². The third-order valence-electron chi connectivity index (χ3n) is 2.16. The van der Waals surface area contributed by atoms with Crippen LogP contribution >= 0.6 is 22.6 Å². The number of rotatable bonds is 1. The van der Waals surface area contributed by atoms with Gasteiger partial charge in [0, 0.05) is 0 Å². The number of halogens is 1. The fourth-order valence-electron chi connectivity index (χ4n) is 1.19. The number of alkyl halides is 1. The van der Waals surface area contributed by atoms with E-state index in [1.807, 2.05) is 7.05 Å². The maximum absolute atomic E-state index is 10.8. The predicted molar refractivity (Wildman–Crippen MR) is 51.1 cm³/mol. The van der Waals surface area contributed by atoms with Gasteiger partial charge in [0.1, 0.15) is 3.42 Å². The minimum absolute atomic E-state index is 0.496. The fraction of sp³-hybridized carbons (Fsp3) is 0.857. The van der Waals surface area contributed by atoms with Gasteiger partial charge in [-0.1, -0.05) is 22.6 Å². The summed E-state index contributed by atoms with van der Waals surface area (Å²) in [5.74, 6) is -0.661. The molecule has 3 nitrogen and oxygen atoms in total. The van der Waals surface area contributed by atoms with E-state index in [1.165, 1.54) is 0 Å². The number of carboxylic acid groups (broad SMARTS) is 1. The van der Waals surface area contributed by atoms with Crippen molar-refractivity contribution in [3.63, 3.8) is 0 Å². The minimum atomic E-state index is -0.661. The van der Waals surface area contributed by atoms with E-state index in [9.17, 15) is 4.79 Å². The number of carbonyl (C=O) groups is 1. The van der Waals surface area contributed by atoms with Gasteiger partial charge in [-0.25, -0.2) is 0 Å². The first-order valence-electron chi connectivity index (χ1n) is 3.65. The average molecular weight is 269 g/mol. The van der Waals surface area contributed by atoms with Crippen LogP contribution in [0.15, 0.2) is 0 Å². The van der Waals surface area contributed by atoms with Gasteiger partial charge in [-0.15, -0.1) is 0 Å². The first-order valence-corrected chi connectivity index (χ1v) is 4.73. The number of hydrogen-bond donors (Lipinski definition) is 1. The van der Waals surface area contributed by atoms with Crippen molar-refractivity contribution in [2.75, 3.05) is 20.1 Å². The van der Waals surface area contributed by atoms with Crippen LogP contribution in [-0.2, 0) is 4.79 Å². The van der Waals surface area contributed by atoms with Crippen LogP contribution in [0.25, 0.3) is 0 Å². The van der Waals surface area contributed by atoms with Crippen LogP contribution in [0.4, 0.5) is 0 Å². The predicted octanol–water partition coefficient (Wildman–Crippen LogP) is 0.970. The molecule has 1 aliphatic heterocycles. The number of likely N-dealkylation sites (tertiary alicyclic amines) is 1. The molecule has 0 radical (unpaired) electrons. The zero-order chi connectivity index (χ0) is 8.48. The lowest BCUT2D eigenvalue weighted by atomic mass is 9.97. The molecule has 4 heteroatoms. The van der Waals surface area contributed by atoms with E-state index in [2.05, 4.69) is 27.5 Å². The summed E-state index contributed by atoms with van der Waals surface area (Å²) in [6.45, 7) is 1.80. The molecule has 0 unspecified atom stereocenters. The number of piperidine rings is 1. The Labute approximate surface area is 79.9 Å². The van der Waals surface area contributed by atoms with Crippen molar-refractivity contribution in [3.05, 3.63) is 0 Å². The monoisotopic (exact) mass is 269 g/mol. The first-order chi connectivity index (χ1) is 5.04. The van der Waals surface area contributed by atoms with Crippen molar-refractivity contribution >= 4 is 28.6 Å². The largest absolute Gasteiger partial charge is 0.480 e. The highest BCUT2D eigenvalue weighted by Gasteiger charge is 2.37. The van der Waals surface area contributed by atoms with Crippen molar-refractivity contribution in [2.45, 2.75) is 16.3 Å². The van der Waals surface area contributed by atoms with Crippen LogP contribution in [0.1, 0.15) is 12.8 Å². The van der Waals surface area contributed by atoms with Crippen molar-refractivity contribution < 1.29 is 9.90 Å². The third kappa shape index (κ3) is 2.05. The molecular weight excluding hydrogens is 257 g/mol. The molecular formula is C7H12INO2. The zero-order valence-corrected chi connectivity index (χ0v) is 8.67. The van der Waals surface area contributed by atoms with E-state index in [-0.39, 0.29) is 0 Å². The molecule has 0 bridgehead atoms. The second kappa shape index (κ2) is 3.26. The second-order valence-corrected chi connectivity index (χ2v) is 5.14. The van der Waals surface area contributed by atoms with E-state index >= 15 is 0 Å². The number of hydrogen-bond acceptors (Lipinski definition) is 2. The molecule has 0 aromatic heterocycles. The van der Waals surface area contributed by atoms with Gasteiger partial charge < -0.3 is 10.0 Å². The minimum Gasteiger partial charge on any atom is -0.480 e. The molecule has 0 saturated carbocycles. The quantitative estimate of drug-likeness (QED) is 0.569. The maximum Gasteiger partial charge on any atom is 0.319 e. The molecule has 1 saturated heterocycles. The highest BCUT2D eigenvalue weighted by molar-refractivity contribution is 14.1. The van der Waals surface area contributed by atoms with Gasteiger partial charge in [0.05, 0.1) is 0 Å². The van der Waals surface area contributed by atoms with Gasteiger partial charge in [0.2, 0.25) is 0 Å². The second-order valence-electron chi connectivity index (χ2n) is 3.07. The number of carboxylic acids is 1. The van der Waals surface area contributed by atoms with Gasteiger partial charge in [-0.05, 0) is 33.0 Å². The summed E-state index contributed by atoms with van der Waals surface area (Å²) in [5, 5.41) is 8.86. The Balaban J connectivity index is 2.55. The molecule has 1 rings (SSSR count). The lowest BCUT2D eigenvalue weighted by Gasteiger charge is -2.32. The molecule has 1 fully saturated rings. The molecule has 64 valence electrons. The summed E-state index contributed by atoms with van der Waals surface area (Å²) in [7, 11) is 2.03. The van der Waals surface area contributed by atoms with Gasteiger partial charge in [-0.2, -0.15) is 0 Å². The summed E-state index contributed by atoms with van der Waals surface area (Å²) in [6, 6.07) is 0. The fourth-order valence-corrected chi connectivity index (χ4v) is 1.67. The van der Waals surface area contributed by atoms with Crippen LogP contribution in [0.5, 0.6) is 0 Å². The Morgan fingerprint density at radius 2 is 2.00 bits per heavy atom. The Hall–Kier alpha value is 0.160. The normalized spacial score (nSPS) is 24.9. The lowest BCUT2D eigenvalue weighted by molar-refractivity contribution is -0.140. The number of aliphatic carboxylic acids is 1. The summed E-state index contributed by atoms with van der Waals surface area (Å²) < 4.78 is -0.496. The molecule has 0 amide bonds. The molecule has 11 heavy (non-hydrogen) atoms. The van der Waals surface area contributed by atoms with Gasteiger partial charge in [-0.3, -0.25) is 4.79 Å². The average Bonchev–Trinajstić information content (AvgIpc) is 1.95. The van der Waals surface area contributed by atoms with Gasteiger partial charge in [0.15, 0.2) is 0 Å². The van der Waals surface area contributed by atoms with Crippen LogP contribution < -0.4 is 0 Å². The van der Waals surface area contributed by atoms with Crippen LogP contribution in [0.3, 0.4) is 0 Å². The standard InChI is InChI=1S/C7H12INO2/c1-9-4-2-7(8,3-5-9)6(10)11/h2-5H2,1H3,(H,10,11).